The number of benzene rings is 3. The van der Waals surface area contributed by atoms with E-state index in [1.807, 2.05) is 54.6 Å². The molecular formula is C27H30ClNO2. The summed E-state index contributed by atoms with van der Waals surface area (Å²) in [5, 5.41) is 0. The Hall–Kier alpha value is -2.62. The predicted molar refractivity (Wildman–Crippen MR) is 128 cm³/mol. The number of nitrogens with zero attached hydrogens (tertiary/aromatic N) is 1. The molecule has 0 aliphatic rings. The van der Waals surface area contributed by atoms with E-state index >= 15 is 0 Å². The van der Waals surface area contributed by atoms with Crippen LogP contribution >= 0.6 is 11.6 Å². The Kier molecular flexibility index (Phi) is 9.14. The third-order valence-corrected chi connectivity index (χ3v) is 5.39. The average Bonchev–Trinajstić information content (AvgIpc) is 2.80. The van der Waals surface area contributed by atoms with E-state index in [4.69, 9.17) is 16.3 Å². The first-order valence-corrected chi connectivity index (χ1v) is 11.3. The van der Waals surface area contributed by atoms with Crippen LogP contribution in [0.15, 0.2) is 78.9 Å². The third kappa shape index (κ3) is 7.54. The Balaban J connectivity index is 1.51. The van der Waals surface area contributed by atoms with Crippen LogP contribution in [-0.4, -0.2) is 30.2 Å². The summed E-state index contributed by atoms with van der Waals surface area (Å²) in [5.74, 6) is 1.51. The van der Waals surface area contributed by atoms with Crippen molar-refractivity contribution in [3.05, 3.63) is 101 Å². The summed E-state index contributed by atoms with van der Waals surface area (Å²) in [6.07, 6.45) is 3.07. The largest absolute Gasteiger partial charge is 0.494 e. The first-order valence-electron chi connectivity index (χ1n) is 10.8. The van der Waals surface area contributed by atoms with Gasteiger partial charge >= 0.3 is 0 Å². The molecule has 31 heavy (non-hydrogen) atoms. The Labute approximate surface area is 190 Å². The number of halogens is 1. The van der Waals surface area contributed by atoms with Crippen molar-refractivity contribution in [2.75, 3.05) is 19.5 Å². The van der Waals surface area contributed by atoms with Gasteiger partial charge in [-0.1, -0.05) is 54.6 Å². The van der Waals surface area contributed by atoms with Gasteiger partial charge in [-0.2, -0.15) is 0 Å². The van der Waals surface area contributed by atoms with Crippen molar-refractivity contribution in [2.45, 2.75) is 32.4 Å². The molecule has 0 aliphatic heterocycles. The summed E-state index contributed by atoms with van der Waals surface area (Å²) in [6, 6.07) is 25.7. The smallest absolute Gasteiger partial charge is 0.193 e. The quantitative estimate of drug-likeness (QED) is 0.189. The Morgan fingerprint density at radius 1 is 0.774 bits per heavy atom. The number of alkyl halides is 1. The summed E-state index contributed by atoms with van der Waals surface area (Å²) < 4.78 is 5.73. The molecule has 0 saturated carbocycles. The summed E-state index contributed by atoms with van der Waals surface area (Å²) in [4.78, 5) is 15.1. The topological polar surface area (TPSA) is 29.5 Å². The molecule has 3 aromatic carbocycles. The molecule has 162 valence electrons. The molecule has 3 rings (SSSR count). The minimum absolute atomic E-state index is 0.0258. The van der Waals surface area contributed by atoms with E-state index in [9.17, 15) is 4.79 Å². The molecule has 0 aliphatic carbocycles. The van der Waals surface area contributed by atoms with Crippen LogP contribution in [0, 0.1) is 0 Å². The lowest BCUT2D eigenvalue weighted by molar-refractivity contribution is 0.103. The SMILES string of the molecule is CN(Cc1ccccc1)Cc1ccc(C(=O)c2ccc(OCCCCCCl)cc2)cc1. The molecule has 0 atom stereocenters. The maximum atomic E-state index is 12.8. The van der Waals surface area contributed by atoms with Crippen molar-refractivity contribution in [3.63, 3.8) is 0 Å². The van der Waals surface area contributed by atoms with E-state index in [1.165, 1.54) is 11.1 Å². The zero-order valence-electron chi connectivity index (χ0n) is 18.1. The highest BCUT2D eigenvalue weighted by atomic mass is 35.5. The summed E-state index contributed by atoms with van der Waals surface area (Å²) >= 11 is 5.68. The number of ether oxygens (including phenoxy) is 1. The van der Waals surface area contributed by atoms with Crippen LogP contribution in [0.5, 0.6) is 5.75 Å². The molecule has 0 aromatic heterocycles. The van der Waals surface area contributed by atoms with Gasteiger partial charge in [0.1, 0.15) is 5.75 Å². The Morgan fingerprint density at radius 2 is 1.35 bits per heavy atom. The van der Waals surface area contributed by atoms with Gasteiger partial charge in [0.05, 0.1) is 6.61 Å². The average molecular weight is 436 g/mol. The van der Waals surface area contributed by atoms with Crippen molar-refractivity contribution in [3.8, 4) is 5.75 Å². The summed E-state index contributed by atoms with van der Waals surface area (Å²) in [5.41, 5.74) is 3.85. The number of ketones is 1. The molecule has 4 heteroatoms. The fourth-order valence-electron chi connectivity index (χ4n) is 3.46. The third-order valence-electron chi connectivity index (χ3n) is 5.13. The van der Waals surface area contributed by atoms with Crippen LogP contribution in [0.3, 0.4) is 0 Å². The molecule has 3 nitrogen and oxygen atoms in total. The molecule has 0 heterocycles. The van der Waals surface area contributed by atoms with Gasteiger partial charge < -0.3 is 4.74 Å². The zero-order chi connectivity index (χ0) is 21.9. The summed E-state index contributed by atoms with van der Waals surface area (Å²) in [7, 11) is 2.10. The number of hydrogen-bond acceptors (Lipinski definition) is 3. The normalized spacial score (nSPS) is 10.9. The molecule has 0 fully saturated rings. The fourth-order valence-corrected chi connectivity index (χ4v) is 3.65. The van der Waals surface area contributed by atoms with Crippen molar-refractivity contribution in [1.29, 1.82) is 0 Å². The molecule has 0 saturated heterocycles. The van der Waals surface area contributed by atoms with Gasteiger partial charge in [-0.15, -0.1) is 11.6 Å². The number of carbonyl (C=O) groups is 1. The van der Waals surface area contributed by atoms with Crippen LogP contribution in [0.1, 0.15) is 46.3 Å². The van der Waals surface area contributed by atoms with Gasteiger partial charge in [-0.25, -0.2) is 0 Å². The Bertz CT molecular complexity index is 924. The molecule has 0 N–H and O–H groups in total. The van der Waals surface area contributed by atoms with E-state index in [0.717, 1.165) is 38.1 Å². The lowest BCUT2D eigenvalue weighted by Gasteiger charge is -2.17. The highest BCUT2D eigenvalue weighted by molar-refractivity contribution is 6.17. The standard InChI is InChI=1S/C27H30ClNO2/c1-29(20-22-8-4-2-5-9-22)21-23-10-12-24(13-11-23)27(30)25-14-16-26(17-15-25)31-19-7-3-6-18-28/h2,4-5,8-17H,3,6-7,18-21H2,1H3. The van der Waals surface area contributed by atoms with Crippen LogP contribution in [0.2, 0.25) is 0 Å². The first-order chi connectivity index (χ1) is 15.2. The van der Waals surface area contributed by atoms with Crippen molar-refractivity contribution in [2.24, 2.45) is 0 Å². The highest BCUT2D eigenvalue weighted by Crippen LogP contribution is 2.17. The van der Waals surface area contributed by atoms with E-state index in [0.29, 0.717) is 23.6 Å². The monoisotopic (exact) mass is 435 g/mol. The second kappa shape index (κ2) is 12.3. The van der Waals surface area contributed by atoms with Crippen molar-refractivity contribution in [1.82, 2.24) is 4.90 Å². The summed E-state index contributed by atoms with van der Waals surface area (Å²) in [6.45, 7) is 2.40. The van der Waals surface area contributed by atoms with Gasteiger partial charge in [0.25, 0.3) is 0 Å². The first kappa shape index (κ1) is 23.1. The Morgan fingerprint density at radius 3 is 1.97 bits per heavy atom. The molecule has 0 radical (unpaired) electrons. The zero-order valence-corrected chi connectivity index (χ0v) is 18.9. The maximum absolute atomic E-state index is 12.8. The lowest BCUT2D eigenvalue weighted by Crippen LogP contribution is -2.17. The van der Waals surface area contributed by atoms with Gasteiger partial charge in [-0.3, -0.25) is 9.69 Å². The number of rotatable bonds is 12. The van der Waals surface area contributed by atoms with Crippen LogP contribution in [0.25, 0.3) is 0 Å². The highest BCUT2D eigenvalue weighted by Gasteiger charge is 2.10. The second-order valence-corrected chi connectivity index (χ2v) is 8.18. The molecule has 0 spiro atoms. The van der Waals surface area contributed by atoms with Crippen molar-refractivity contribution < 1.29 is 9.53 Å². The van der Waals surface area contributed by atoms with Gasteiger partial charge in [0.15, 0.2) is 5.78 Å². The van der Waals surface area contributed by atoms with Crippen LogP contribution in [-0.2, 0) is 13.1 Å². The van der Waals surface area contributed by atoms with Crippen LogP contribution < -0.4 is 4.74 Å². The molecule has 3 aromatic rings. The number of unbranched alkanes of at least 4 members (excludes halogenated alkanes) is 2. The number of hydrogen-bond donors (Lipinski definition) is 0. The fraction of sp³-hybridized carbons (Fsp3) is 0.296. The second-order valence-electron chi connectivity index (χ2n) is 7.81. The molecule has 0 amide bonds. The van der Waals surface area contributed by atoms with Crippen LogP contribution in [0.4, 0.5) is 0 Å². The molecular weight excluding hydrogens is 406 g/mol. The number of carbonyl (C=O) groups excluding carboxylic acids is 1. The van der Waals surface area contributed by atoms with E-state index < -0.39 is 0 Å². The van der Waals surface area contributed by atoms with E-state index in [2.05, 4.69) is 36.2 Å². The van der Waals surface area contributed by atoms with Gasteiger partial charge in [-0.05, 0) is 61.7 Å². The molecule has 0 unspecified atom stereocenters. The maximum Gasteiger partial charge on any atom is 0.193 e. The minimum atomic E-state index is 0.0258. The minimum Gasteiger partial charge on any atom is -0.494 e. The van der Waals surface area contributed by atoms with Crippen molar-refractivity contribution >= 4 is 17.4 Å². The van der Waals surface area contributed by atoms with E-state index in [1.54, 1.807) is 0 Å². The van der Waals surface area contributed by atoms with E-state index in [-0.39, 0.29) is 5.78 Å². The lowest BCUT2D eigenvalue weighted by atomic mass is 10.0. The van der Waals surface area contributed by atoms with Gasteiger partial charge in [0.2, 0.25) is 0 Å². The predicted octanol–water partition coefficient (Wildman–Crippen LogP) is 6.34. The molecule has 0 bridgehead atoms. The van der Waals surface area contributed by atoms with Gasteiger partial charge in [0, 0.05) is 30.1 Å².